The first-order valence-corrected chi connectivity index (χ1v) is 7.76. The van der Waals surface area contributed by atoms with Crippen LogP contribution in [0.1, 0.15) is 10.4 Å². The summed E-state index contributed by atoms with van der Waals surface area (Å²) >= 11 is 0. The van der Waals surface area contributed by atoms with Crippen LogP contribution in [0.15, 0.2) is 67.3 Å². The summed E-state index contributed by atoms with van der Waals surface area (Å²) in [6.45, 7) is 0.803. The van der Waals surface area contributed by atoms with Gasteiger partial charge in [-0.2, -0.15) is 0 Å². The van der Waals surface area contributed by atoms with Crippen molar-refractivity contribution in [3.63, 3.8) is 0 Å². The SMILES string of the molecule is O=C(NCCOc1ccccc1)c1ccnc(Nc2ccncn2)c1. The van der Waals surface area contributed by atoms with Crippen LogP contribution >= 0.6 is 0 Å². The largest absolute Gasteiger partial charge is 0.492 e. The quantitative estimate of drug-likeness (QED) is 0.645. The Morgan fingerprint density at radius 2 is 1.88 bits per heavy atom. The zero-order valence-electron chi connectivity index (χ0n) is 13.4. The summed E-state index contributed by atoms with van der Waals surface area (Å²) in [6.07, 6.45) is 4.63. The van der Waals surface area contributed by atoms with E-state index in [0.29, 0.717) is 30.4 Å². The van der Waals surface area contributed by atoms with E-state index in [1.165, 1.54) is 6.33 Å². The summed E-state index contributed by atoms with van der Waals surface area (Å²) in [6, 6.07) is 14.5. The highest BCUT2D eigenvalue weighted by atomic mass is 16.5. The van der Waals surface area contributed by atoms with Crippen molar-refractivity contribution in [3.8, 4) is 5.75 Å². The Morgan fingerprint density at radius 1 is 1.00 bits per heavy atom. The first-order valence-electron chi connectivity index (χ1n) is 7.76. The molecule has 2 aromatic heterocycles. The maximum atomic E-state index is 12.2. The molecule has 0 aliphatic heterocycles. The van der Waals surface area contributed by atoms with Crippen molar-refractivity contribution in [1.29, 1.82) is 0 Å². The molecule has 0 fully saturated rings. The van der Waals surface area contributed by atoms with Gasteiger partial charge >= 0.3 is 0 Å². The highest BCUT2D eigenvalue weighted by Crippen LogP contribution is 2.12. The Balaban J connectivity index is 1.51. The average molecular weight is 335 g/mol. The van der Waals surface area contributed by atoms with Gasteiger partial charge in [0.05, 0.1) is 6.54 Å². The highest BCUT2D eigenvalue weighted by molar-refractivity contribution is 5.94. The molecule has 0 atom stereocenters. The van der Waals surface area contributed by atoms with Gasteiger partial charge in [0.15, 0.2) is 0 Å². The van der Waals surface area contributed by atoms with Crippen LogP contribution in [0.5, 0.6) is 5.75 Å². The Kier molecular flexibility index (Phi) is 5.50. The van der Waals surface area contributed by atoms with Crippen molar-refractivity contribution in [2.45, 2.75) is 0 Å². The molecule has 0 aliphatic carbocycles. The molecular weight excluding hydrogens is 318 g/mol. The predicted octanol–water partition coefficient (Wildman–Crippen LogP) is 2.42. The molecule has 3 aromatic rings. The Hall–Kier alpha value is -3.48. The fourth-order valence-corrected chi connectivity index (χ4v) is 2.09. The van der Waals surface area contributed by atoms with Crippen LogP contribution in [0.3, 0.4) is 0 Å². The van der Waals surface area contributed by atoms with E-state index in [1.54, 1.807) is 30.6 Å². The van der Waals surface area contributed by atoms with Crippen molar-refractivity contribution in [3.05, 3.63) is 72.8 Å². The van der Waals surface area contributed by atoms with Crippen molar-refractivity contribution < 1.29 is 9.53 Å². The van der Waals surface area contributed by atoms with Gasteiger partial charge in [-0.05, 0) is 30.3 Å². The summed E-state index contributed by atoms with van der Waals surface area (Å²) < 4.78 is 5.54. The molecule has 0 bridgehead atoms. The lowest BCUT2D eigenvalue weighted by Gasteiger charge is -2.09. The van der Waals surface area contributed by atoms with Crippen LogP contribution in [0.2, 0.25) is 0 Å². The topological polar surface area (TPSA) is 89.0 Å². The minimum Gasteiger partial charge on any atom is -0.492 e. The van der Waals surface area contributed by atoms with Crippen LogP contribution in [-0.2, 0) is 0 Å². The Morgan fingerprint density at radius 3 is 2.68 bits per heavy atom. The summed E-state index contributed by atoms with van der Waals surface area (Å²) in [7, 11) is 0. The second-order valence-corrected chi connectivity index (χ2v) is 5.07. The summed E-state index contributed by atoms with van der Waals surface area (Å²) in [4.78, 5) is 24.3. The zero-order valence-corrected chi connectivity index (χ0v) is 13.4. The van der Waals surface area contributed by atoms with Gasteiger partial charge in [-0.25, -0.2) is 15.0 Å². The molecule has 0 spiro atoms. The first kappa shape index (κ1) is 16.4. The number of rotatable bonds is 7. The minimum absolute atomic E-state index is 0.190. The number of carbonyl (C=O) groups excluding carboxylic acids is 1. The van der Waals surface area contributed by atoms with Gasteiger partial charge < -0.3 is 15.4 Å². The second kappa shape index (κ2) is 8.39. The number of hydrogen-bond acceptors (Lipinski definition) is 6. The summed E-state index contributed by atoms with van der Waals surface area (Å²) in [5, 5.41) is 5.84. The summed E-state index contributed by atoms with van der Waals surface area (Å²) in [5.74, 6) is 1.73. The first-order chi connectivity index (χ1) is 12.3. The monoisotopic (exact) mass is 335 g/mol. The van der Waals surface area contributed by atoms with Crippen LogP contribution in [0, 0.1) is 0 Å². The molecule has 7 heteroatoms. The van der Waals surface area contributed by atoms with Crippen LogP contribution in [0.4, 0.5) is 11.6 Å². The number of ether oxygens (including phenoxy) is 1. The molecule has 0 saturated carbocycles. The molecule has 2 heterocycles. The molecule has 0 saturated heterocycles. The molecule has 1 amide bonds. The minimum atomic E-state index is -0.190. The van der Waals surface area contributed by atoms with Gasteiger partial charge in [0.1, 0.15) is 30.3 Å². The predicted molar refractivity (Wildman–Crippen MR) is 93.8 cm³/mol. The molecule has 25 heavy (non-hydrogen) atoms. The molecule has 0 radical (unpaired) electrons. The van der Waals surface area contributed by atoms with Crippen LogP contribution in [0.25, 0.3) is 0 Å². The van der Waals surface area contributed by atoms with E-state index in [9.17, 15) is 4.79 Å². The standard InChI is InChI=1S/C18H17N5O2/c24-18(21-10-11-25-15-4-2-1-3-5-15)14-6-9-20-17(12-14)23-16-7-8-19-13-22-16/h1-9,12-13H,10-11H2,(H,21,24)(H,19,20,22,23). The number of pyridine rings is 1. The number of amides is 1. The normalized spacial score (nSPS) is 10.1. The second-order valence-electron chi connectivity index (χ2n) is 5.07. The number of para-hydroxylation sites is 1. The van der Waals surface area contributed by atoms with Crippen LogP contribution in [-0.4, -0.2) is 34.0 Å². The van der Waals surface area contributed by atoms with Gasteiger partial charge in [0, 0.05) is 18.0 Å². The van der Waals surface area contributed by atoms with E-state index < -0.39 is 0 Å². The van der Waals surface area contributed by atoms with E-state index in [-0.39, 0.29) is 5.91 Å². The lowest BCUT2D eigenvalue weighted by Crippen LogP contribution is -2.28. The van der Waals surface area contributed by atoms with Crippen molar-refractivity contribution in [1.82, 2.24) is 20.3 Å². The molecule has 3 rings (SSSR count). The van der Waals surface area contributed by atoms with E-state index in [0.717, 1.165) is 5.75 Å². The van der Waals surface area contributed by atoms with Crippen LogP contribution < -0.4 is 15.4 Å². The van der Waals surface area contributed by atoms with E-state index in [1.807, 2.05) is 30.3 Å². The fourth-order valence-electron chi connectivity index (χ4n) is 2.09. The summed E-state index contributed by atoms with van der Waals surface area (Å²) in [5.41, 5.74) is 0.506. The molecule has 1 aromatic carbocycles. The third-order valence-electron chi connectivity index (χ3n) is 3.26. The third kappa shape index (κ3) is 5.00. The van der Waals surface area contributed by atoms with Gasteiger partial charge in [-0.1, -0.05) is 18.2 Å². The molecule has 0 aliphatic rings. The average Bonchev–Trinajstić information content (AvgIpc) is 2.67. The maximum absolute atomic E-state index is 12.2. The van der Waals surface area contributed by atoms with Gasteiger partial charge in [0.2, 0.25) is 0 Å². The molecule has 0 unspecified atom stereocenters. The number of anilines is 2. The fraction of sp³-hybridized carbons (Fsp3) is 0.111. The number of hydrogen-bond donors (Lipinski definition) is 2. The number of nitrogens with zero attached hydrogens (tertiary/aromatic N) is 3. The lowest BCUT2D eigenvalue weighted by molar-refractivity contribution is 0.0947. The zero-order chi connectivity index (χ0) is 17.3. The maximum Gasteiger partial charge on any atom is 0.251 e. The number of aromatic nitrogens is 3. The van der Waals surface area contributed by atoms with Crippen molar-refractivity contribution in [2.75, 3.05) is 18.5 Å². The highest BCUT2D eigenvalue weighted by Gasteiger charge is 2.07. The number of benzene rings is 1. The smallest absolute Gasteiger partial charge is 0.251 e. The molecular formula is C18H17N5O2. The number of nitrogens with one attached hydrogen (secondary N) is 2. The van der Waals surface area contributed by atoms with Gasteiger partial charge in [0.25, 0.3) is 5.91 Å². The van der Waals surface area contributed by atoms with E-state index in [2.05, 4.69) is 25.6 Å². The molecule has 7 nitrogen and oxygen atoms in total. The Labute approximate surface area is 145 Å². The molecule has 2 N–H and O–H groups in total. The van der Waals surface area contributed by atoms with Crippen molar-refractivity contribution >= 4 is 17.5 Å². The number of carbonyl (C=O) groups is 1. The lowest BCUT2D eigenvalue weighted by atomic mass is 10.2. The Bertz CT molecular complexity index is 812. The van der Waals surface area contributed by atoms with Crippen molar-refractivity contribution in [2.24, 2.45) is 0 Å². The van der Waals surface area contributed by atoms with E-state index in [4.69, 9.17) is 4.74 Å². The third-order valence-corrected chi connectivity index (χ3v) is 3.26. The van der Waals surface area contributed by atoms with E-state index >= 15 is 0 Å². The van der Waals surface area contributed by atoms with Gasteiger partial charge in [-0.3, -0.25) is 4.79 Å². The molecule has 126 valence electrons. The van der Waals surface area contributed by atoms with Gasteiger partial charge in [-0.15, -0.1) is 0 Å².